The number of carbonyl (C=O) groups excluding carboxylic acids is 1. The van der Waals surface area contributed by atoms with Gasteiger partial charge < -0.3 is 48.3 Å². The SMILES string of the molecule is CC[C@H]1OC(=O)[C@H](C)[C@@H](O[C@H]2C[C@@](C)(OC)[C@@H](O)[C@H](C)O2)[C@H](C)[C@@H](C[C@@H]2O[C@H](C)C[C@H](N(C)C)[C@H]2O)[C@@]2(C)C[C@@H](C)[C@]3(O[C@]1(C)C=C3C)O2. The number of hydrogen-bond donors (Lipinski definition) is 2. The summed E-state index contributed by atoms with van der Waals surface area (Å²) < 4.78 is 46.1. The lowest BCUT2D eigenvalue weighted by molar-refractivity contribution is -0.309. The number of aliphatic hydroxyl groups excluding tert-OH is 2. The van der Waals surface area contributed by atoms with E-state index in [1.54, 1.807) is 14.0 Å². The number of hydrogen-bond acceptors (Lipinski definition) is 11. The number of ether oxygens (including phenoxy) is 7. The first-order valence-electron chi connectivity index (χ1n) is 18.6. The van der Waals surface area contributed by atoms with E-state index in [-0.39, 0.29) is 42.3 Å². The van der Waals surface area contributed by atoms with Crippen molar-refractivity contribution in [1.82, 2.24) is 4.90 Å². The minimum absolute atomic E-state index is 0.00639. The smallest absolute Gasteiger partial charge is 0.311 e. The van der Waals surface area contributed by atoms with Gasteiger partial charge in [-0.15, -0.1) is 0 Å². The number of fused-ring (bicyclic) bond motifs is 2. The van der Waals surface area contributed by atoms with Crippen molar-refractivity contribution in [2.45, 2.75) is 179 Å². The van der Waals surface area contributed by atoms with E-state index >= 15 is 0 Å². The molecule has 0 aliphatic carbocycles. The van der Waals surface area contributed by atoms with Crippen LogP contribution in [0.2, 0.25) is 0 Å². The van der Waals surface area contributed by atoms with Gasteiger partial charge in [0.25, 0.3) is 0 Å². The van der Waals surface area contributed by atoms with Gasteiger partial charge in [-0.1, -0.05) is 20.8 Å². The molecule has 11 heteroatoms. The Morgan fingerprint density at radius 1 is 1.02 bits per heavy atom. The van der Waals surface area contributed by atoms with Crippen LogP contribution in [0.5, 0.6) is 0 Å². The van der Waals surface area contributed by atoms with Crippen LogP contribution in [-0.2, 0) is 38.0 Å². The van der Waals surface area contributed by atoms with E-state index in [2.05, 4.69) is 45.6 Å². The van der Waals surface area contributed by atoms with Gasteiger partial charge in [0.1, 0.15) is 17.8 Å². The molecule has 3 bridgehead atoms. The summed E-state index contributed by atoms with van der Waals surface area (Å²) in [5, 5.41) is 22.7. The van der Waals surface area contributed by atoms with Crippen LogP contribution in [0.4, 0.5) is 0 Å². The molecule has 5 heterocycles. The van der Waals surface area contributed by atoms with E-state index in [0.717, 1.165) is 12.0 Å². The summed E-state index contributed by atoms with van der Waals surface area (Å²) in [7, 11) is 5.57. The zero-order chi connectivity index (χ0) is 36.4. The van der Waals surface area contributed by atoms with Crippen LogP contribution in [0, 0.1) is 23.7 Å². The van der Waals surface area contributed by atoms with Crippen molar-refractivity contribution in [2.24, 2.45) is 23.7 Å². The maximum absolute atomic E-state index is 14.2. The van der Waals surface area contributed by atoms with Crippen molar-refractivity contribution >= 4 is 5.97 Å². The van der Waals surface area contributed by atoms with Crippen LogP contribution in [0.25, 0.3) is 0 Å². The normalized spacial score (nSPS) is 52.4. The lowest BCUT2D eigenvalue weighted by Gasteiger charge is -2.49. The first-order valence-corrected chi connectivity index (χ1v) is 18.6. The molecule has 4 fully saturated rings. The molecule has 5 aliphatic rings. The molecule has 11 nitrogen and oxygen atoms in total. The lowest BCUT2D eigenvalue weighted by atomic mass is 9.69. The van der Waals surface area contributed by atoms with Crippen LogP contribution in [0.15, 0.2) is 11.6 Å². The molecule has 0 aromatic carbocycles. The first-order chi connectivity index (χ1) is 22.7. The van der Waals surface area contributed by atoms with Crippen LogP contribution in [0.1, 0.15) is 101 Å². The third kappa shape index (κ3) is 6.90. The van der Waals surface area contributed by atoms with Crippen molar-refractivity contribution in [1.29, 1.82) is 0 Å². The molecule has 0 saturated carbocycles. The van der Waals surface area contributed by atoms with Crippen LogP contribution in [-0.4, -0.2) is 120 Å². The number of cyclic esters (lactones) is 1. The summed E-state index contributed by atoms with van der Waals surface area (Å²) in [6.07, 6.45) is 0.205. The second-order valence-corrected chi connectivity index (χ2v) is 16.9. The number of likely N-dealkylation sites (N-methyl/N-ethyl adjacent to an activating group) is 1. The molecule has 0 unspecified atom stereocenters. The van der Waals surface area contributed by atoms with E-state index in [4.69, 9.17) is 33.2 Å². The van der Waals surface area contributed by atoms with Gasteiger partial charge >= 0.3 is 5.97 Å². The van der Waals surface area contributed by atoms with Crippen LogP contribution in [0.3, 0.4) is 0 Å². The Labute approximate surface area is 294 Å². The number of nitrogens with zero attached hydrogens (tertiary/aromatic N) is 1. The zero-order valence-corrected chi connectivity index (χ0v) is 32.2. The topological polar surface area (TPSA) is 125 Å². The molecule has 5 aliphatic heterocycles. The summed E-state index contributed by atoms with van der Waals surface area (Å²) >= 11 is 0. The number of aliphatic hydroxyl groups is 2. The van der Waals surface area contributed by atoms with Gasteiger partial charge in [0.15, 0.2) is 12.1 Å². The van der Waals surface area contributed by atoms with Crippen molar-refractivity contribution in [3.8, 4) is 0 Å². The maximum Gasteiger partial charge on any atom is 0.311 e. The maximum atomic E-state index is 14.2. The Bertz CT molecular complexity index is 1230. The van der Waals surface area contributed by atoms with Gasteiger partial charge in [0.05, 0.1) is 47.6 Å². The molecule has 0 amide bonds. The van der Waals surface area contributed by atoms with Crippen molar-refractivity contribution in [3.05, 3.63) is 11.6 Å². The molecule has 0 aromatic rings. The van der Waals surface area contributed by atoms with Gasteiger partial charge in [0.2, 0.25) is 0 Å². The van der Waals surface area contributed by atoms with E-state index < -0.39 is 71.4 Å². The minimum atomic E-state index is -0.994. The second-order valence-electron chi connectivity index (χ2n) is 16.9. The monoisotopic (exact) mass is 695 g/mol. The number of carbonyl (C=O) groups is 1. The molecule has 0 aromatic heterocycles. The van der Waals surface area contributed by atoms with Gasteiger partial charge in [0, 0.05) is 25.5 Å². The summed E-state index contributed by atoms with van der Waals surface area (Å²) in [5.41, 5.74) is -1.55. The van der Waals surface area contributed by atoms with Gasteiger partial charge in [-0.25, -0.2) is 0 Å². The van der Waals surface area contributed by atoms with Crippen molar-refractivity contribution in [2.75, 3.05) is 21.2 Å². The predicted octanol–water partition coefficient (Wildman–Crippen LogP) is 4.60. The van der Waals surface area contributed by atoms with E-state index in [1.807, 2.05) is 41.8 Å². The fourth-order valence-corrected chi connectivity index (χ4v) is 10.0. The largest absolute Gasteiger partial charge is 0.459 e. The molecule has 5 rings (SSSR count). The average molecular weight is 696 g/mol. The summed E-state index contributed by atoms with van der Waals surface area (Å²) in [5.74, 6) is -2.61. The third-order valence-corrected chi connectivity index (χ3v) is 12.9. The molecule has 17 atom stereocenters. The first kappa shape index (κ1) is 39.1. The fraction of sp³-hybridized carbons (Fsp3) is 0.921. The Hall–Kier alpha value is -1.15. The Morgan fingerprint density at radius 2 is 1.69 bits per heavy atom. The molecule has 1 spiro atoms. The van der Waals surface area contributed by atoms with E-state index in [1.165, 1.54) is 0 Å². The molecule has 282 valence electrons. The number of rotatable bonds is 7. The van der Waals surface area contributed by atoms with E-state index in [9.17, 15) is 15.0 Å². The number of esters is 1. The summed E-state index contributed by atoms with van der Waals surface area (Å²) in [4.78, 5) is 16.3. The second kappa shape index (κ2) is 14.0. The zero-order valence-electron chi connectivity index (χ0n) is 32.2. The Balaban J connectivity index is 1.60. The molecular formula is C38H65NO10. The van der Waals surface area contributed by atoms with Gasteiger partial charge in [-0.2, -0.15) is 0 Å². The van der Waals surface area contributed by atoms with Crippen molar-refractivity contribution < 1.29 is 48.2 Å². The van der Waals surface area contributed by atoms with Gasteiger partial charge in [-0.3, -0.25) is 4.79 Å². The highest BCUT2D eigenvalue weighted by molar-refractivity contribution is 5.73. The minimum Gasteiger partial charge on any atom is -0.459 e. The standard InChI is InChI=1S/C38H65NO10/c1-14-29-36(9)18-21(3)38(49-36)20(2)17-35(8,48-38)26(16-28-31(40)27(39(11)12)15-22(4)44-28)23(5)32(24(6)34(42)46-29)47-30-19-37(10,43-13)33(41)25(7)45-30/h18,20,22-33,40-41H,14-17,19H2,1-13H3/t20-,22-,23-,24-,25+,26-,27+,28+,29-,30+,31-,32+,33+,35-,36-,37-,38-/m1/s1. The lowest BCUT2D eigenvalue weighted by Crippen LogP contribution is -2.58. The van der Waals surface area contributed by atoms with Crippen molar-refractivity contribution in [3.63, 3.8) is 0 Å². The average Bonchev–Trinajstić information content (AvgIpc) is 3.45. The molecule has 2 N–H and O–H groups in total. The van der Waals surface area contributed by atoms with Gasteiger partial charge in [-0.05, 0) is 112 Å². The molecule has 4 saturated heterocycles. The van der Waals surface area contributed by atoms with E-state index in [0.29, 0.717) is 19.3 Å². The highest BCUT2D eigenvalue weighted by atomic mass is 16.7. The molecule has 49 heavy (non-hydrogen) atoms. The highest BCUT2D eigenvalue weighted by Crippen LogP contribution is 2.58. The predicted molar refractivity (Wildman–Crippen MR) is 184 cm³/mol. The molecule has 0 radical (unpaired) electrons. The Morgan fingerprint density at radius 3 is 2.31 bits per heavy atom. The molecular weight excluding hydrogens is 630 g/mol. The summed E-state index contributed by atoms with van der Waals surface area (Å²) in [6, 6.07) is -0.0656. The quantitative estimate of drug-likeness (QED) is 0.287. The fourth-order valence-electron chi connectivity index (χ4n) is 10.0. The van der Waals surface area contributed by atoms with Crippen LogP contribution < -0.4 is 0 Å². The number of methoxy groups -OCH3 is 1. The highest BCUT2D eigenvalue weighted by Gasteiger charge is 2.64. The Kier molecular flexibility index (Phi) is 11.2. The summed E-state index contributed by atoms with van der Waals surface area (Å²) in [6.45, 7) is 20.0. The van der Waals surface area contributed by atoms with Crippen LogP contribution >= 0.6 is 0 Å². The third-order valence-electron chi connectivity index (χ3n) is 12.9.